The quantitative estimate of drug-likeness (QED) is 0.528. The van der Waals surface area contributed by atoms with E-state index in [1.54, 1.807) is 0 Å². The van der Waals surface area contributed by atoms with E-state index in [2.05, 4.69) is 20.3 Å². The van der Waals surface area contributed by atoms with Gasteiger partial charge in [0.15, 0.2) is 0 Å². The van der Waals surface area contributed by atoms with Crippen molar-refractivity contribution in [3.05, 3.63) is 0 Å². The van der Waals surface area contributed by atoms with Crippen LogP contribution >= 0.6 is 0 Å². The van der Waals surface area contributed by atoms with Crippen LogP contribution in [0, 0.1) is 0 Å². The van der Waals surface area contributed by atoms with E-state index >= 15 is 0 Å². The van der Waals surface area contributed by atoms with Gasteiger partial charge in [-0.3, -0.25) is 0 Å². The molecule has 0 amide bonds. The van der Waals surface area contributed by atoms with Crippen molar-refractivity contribution in [1.82, 2.24) is 0 Å². The average Bonchev–Trinajstić information content (AvgIpc) is 1.35. The van der Waals surface area contributed by atoms with Crippen LogP contribution in [-0.4, -0.2) is 26.9 Å². The van der Waals surface area contributed by atoms with Crippen LogP contribution in [0.4, 0.5) is 0 Å². The van der Waals surface area contributed by atoms with E-state index in [1.165, 1.54) is 0 Å². The van der Waals surface area contributed by atoms with Crippen molar-refractivity contribution in [1.29, 1.82) is 0 Å². The Morgan fingerprint density at radius 2 is 2.50 bits per heavy atom. The molecule has 36 valence electrons. The summed E-state index contributed by atoms with van der Waals surface area (Å²) in [6.45, 7) is 2.52. The normalized spacial score (nSPS) is 7.50. The molecule has 0 unspecified atom stereocenters. The summed E-state index contributed by atoms with van der Waals surface area (Å²) < 4.78 is 5.09. The SMILES string of the molecule is CCOC(N)=[Se]. The average molecular weight is 152 g/mol. The van der Waals surface area contributed by atoms with Gasteiger partial charge >= 0.3 is 44.3 Å². The van der Waals surface area contributed by atoms with Crippen LogP contribution in [0.2, 0.25) is 0 Å². The molecule has 0 aliphatic rings. The van der Waals surface area contributed by atoms with E-state index in [-0.39, 0.29) is 0 Å². The van der Waals surface area contributed by atoms with E-state index in [9.17, 15) is 0 Å². The van der Waals surface area contributed by atoms with E-state index in [1.807, 2.05) is 6.92 Å². The standard InChI is InChI=1S/C3H7NOSe/c1-2-5-3(4)6/h2H2,1H3,(H2,4,6). The molecule has 0 aliphatic heterocycles. The van der Waals surface area contributed by atoms with Crippen molar-refractivity contribution < 1.29 is 4.74 Å². The van der Waals surface area contributed by atoms with Crippen LogP contribution in [0.3, 0.4) is 0 Å². The van der Waals surface area contributed by atoms with Gasteiger partial charge in [0.2, 0.25) is 0 Å². The Balaban J connectivity index is 2.83. The first kappa shape index (κ1) is 5.99. The monoisotopic (exact) mass is 153 g/mol. The fraction of sp³-hybridized carbons (Fsp3) is 0.667. The molecule has 0 aromatic rings. The Morgan fingerprint density at radius 1 is 2.00 bits per heavy atom. The Morgan fingerprint density at radius 3 is 2.50 bits per heavy atom. The first-order valence-electron chi connectivity index (χ1n) is 1.69. The Bertz CT molecular complexity index is 54.8. The molecule has 0 rings (SSSR count). The molecule has 0 radical (unpaired) electrons. The third-order valence-electron chi connectivity index (χ3n) is 0.287. The molecule has 0 fully saturated rings. The van der Waals surface area contributed by atoms with Crippen LogP contribution < -0.4 is 5.73 Å². The van der Waals surface area contributed by atoms with Crippen molar-refractivity contribution >= 4 is 20.3 Å². The van der Waals surface area contributed by atoms with Gasteiger partial charge in [-0.1, -0.05) is 0 Å². The topological polar surface area (TPSA) is 35.2 Å². The summed E-state index contributed by atoms with van der Waals surface area (Å²) in [5.74, 6) is 0. The van der Waals surface area contributed by atoms with Crippen molar-refractivity contribution in [3.63, 3.8) is 0 Å². The van der Waals surface area contributed by atoms with Gasteiger partial charge in [-0.15, -0.1) is 0 Å². The Hall–Kier alpha value is -0.0105. The number of hydrogen-bond donors (Lipinski definition) is 1. The number of nitrogens with two attached hydrogens (primary N) is 1. The first-order chi connectivity index (χ1) is 2.77. The second-order valence-electron chi connectivity index (χ2n) is 0.752. The fourth-order valence-corrected chi connectivity index (χ4v) is 0.390. The summed E-state index contributed by atoms with van der Waals surface area (Å²) in [7, 11) is 0. The second kappa shape index (κ2) is 3.19. The van der Waals surface area contributed by atoms with E-state index in [0.29, 0.717) is 11.3 Å². The van der Waals surface area contributed by atoms with Gasteiger partial charge in [0.25, 0.3) is 0 Å². The zero-order valence-corrected chi connectivity index (χ0v) is 5.31. The molecular formula is C3H7NOSe. The molecule has 0 aromatic heterocycles. The summed E-state index contributed by atoms with van der Waals surface area (Å²) in [5, 5.41) is 0. The zero-order valence-electron chi connectivity index (χ0n) is 3.60. The maximum absolute atomic E-state index is 5.04. The number of rotatable bonds is 2. The summed E-state index contributed by atoms with van der Waals surface area (Å²) >= 11 is 2.51. The van der Waals surface area contributed by atoms with Crippen LogP contribution in [0.5, 0.6) is 0 Å². The predicted octanol–water partition coefficient (Wildman–Crippen LogP) is -0.762. The van der Waals surface area contributed by atoms with Gasteiger partial charge in [0.05, 0.1) is 0 Å². The molecule has 0 aromatic carbocycles. The van der Waals surface area contributed by atoms with Gasteiger partial charge in [0, 0.05) is 0 Å². The van der Waals surface area contributed by atoms with Crippen LogP contribution in [0.1, 0.15) is 6.92 Å². The molecule has 0 aliphatic carbocycles. The molecule has 3 heteroatoms. The van der Waals surface area contributed by atoms with Crippen molar-refractivity contribution in [3.8, 4) is 0 Å². The minimum atomic E-state index is 0.414. The van der Waals surface area contributed by atoms with Crippen LogP contribution in [-0.2, 0) is 4.74 Å². The molecule has 0 atom stereocenters. The molecule has 2 N–H and O–H groups in total. The molecule has 0 heterocycles. The van der Waals surface area contributed by atoms with Gasteiger partial charge < -0.3 is 0 Å². The summed E-state index contributed by atoms with van der Waals surface area (Å²) in [5.41, 5.74) is 5.04. The zero-order chi connectivity index (χ0) is 4.99. The Labute approximate surface area is 45.0 Å². The van der Waals surface area contributed by atoms with E-state index < -0.39 is 0 Å². The molecule has 0 bridgehead atoms. The van der Waals surface area contributed by atoms with E-state index in [4.69, 9.17) is 5.73 Å². The summed E-state index contributed by atoms with van der Waals surface area (Å²) in [6.07, 6.45) is 0. The third kappa shape index (κ3) is 3.99. The van der Waals surface area contributed by atoms with Gasteiger partial charge in [-0.25, -0.2) is 0 Å². The summed E-state index contributed by atoms with van der Waals surface area (Å²) in [6, 6.07) is 0. The molecule has 2 nitrogen and oxygen atoms in total. The molecule has 0 saturated heterocycles. The third-order valence-corrected chi connectivity index (χ3v) is 0.534. The molecule has 6 heavy (non-hydrogen) atoms. The summed E-state index contributed by atoms with van der Waals surface area (Å²) in [4.78, 5) is 0. The van der Waals surface area contributed by atoms with Gasteiger partial charge in [-0.05, 0) is 0 Å². The van der Waals surface area contributed by atoms with Crippen LogP contribution in [0.25, 0.3) is 0 Å². The molecular weight excluding hydrogens is 145 g/mol. The first-order valence-corrected chi connectivity index (χ1v) is 2.55. The molecule has 0 spiro atoms. The van der Waals surface area contributed by atoms with Crippen LogP contribution in [0.15, 0.2) is 0 Å². The maximum atomic E-state index is 5.04. The number of ether oxygens (including phenoxy) is 1. The minimum absolute atomic E-state index is 0.414. The molecule has 0 saturated carbocycles. The van der Waals surface area contributed by atoms with Gasteiger partial charge in [0.1, 0.15) is 0 Å². The second-order valence-corrected chi connectivity index (χ2v) is 1.60. The van der Waals surface area contributed by atoms with Crippen molar-refractivity contribution in [2.24, 2.45) is 5.73 Å². The van der Waals surface area contributed by atoms with E-state index in [0.717, 1.165) is 0 Å². The fourth-order valence-electron chi connectivity index (χ4n) is 0.142. The Kier molecular flexibility index (Phi) is 3.18. The predicted molar refractivity (Wildman–Crippen MR) is 26.6 cm³/mol. The number of hydrogen-bond acceptors (Lipinski definition) is 2. The van der Waals surface area contributed by atoms with Crippen molar-refractivity contribution in [2.45, 2.75) is 6.92 Å². The van der Waals surface area contributed by atoms with Gasteiger partial charge in [-0.2, -0.15) is 0 Å². The van der Waals surface area contributed by atoms with Crippen molar-refractivity contribution in [2.75, 3.05) is 6.61 Å².